The van der Waals surface area contributed by atoms with E-state index in [9.17, 15) is 14.7 Å². The van der Waals surface area contributed by atoms with E-state index in [-0.39, 0.29) is 31.6 Å². The molecule has 1 saturated carbocycles. The molecule has 1 aliphatic carbocycles. The van der Waals surface area contributed by atoms with E-state index in [1.807, 2.05) is 12.1 Å². The molecule has 0 atom stereocenters. The lowest BCUT2D eigenvalue weighted by Crippen LogP contribution is -2.37. The maximum atomic E-state index is 12.4. The van der Waals surface area contributed by atoms with Crippen LogP contribution in [0.15, 0.2) is 48.5 Å². The maximum absolute atomic E-state index is 12.4. The fourth-order valence-electron chi connectivity index (χ4n) is 3.92. The van der Waals surface area contributed by atoms with Crippen molar-refractivity contribution in [2.75, 3.05) is 19.8 Å². The van der Waals surface area contributed by atoms with Gasteiger partial charge < -0.3 is 14.6 Å². The number of hydrogen-bond donors (Lipinski definition) is 1. The van der Waals surface area contributed by atoms with Crippen molar-refractivity contribution in [1.29, 1.82) is 0 Å². The van der Waals surface area contributed by atoms with E-state index in [4.69, 9.17) is 9.47 Å². The average molecular weight is 395 g/mol. The van der Waals surface area contributed by atoms with Gasteiger partial charge in [-0.1, -0.05) is 37.5 Å². The molecule has 2 aliphatic rings. The molecule has 0 bridgehead atoms. The molecule has 152 valence electrons. The van der Waals surface area contributed by atoms with E-state index in [1.165, 1.54) is 11.3 Å². The van der Waals surface area contributed by atoms with Gasteiger partial charge in [0.25, 0.3) is 11.8 Å². The van der Waals surface area contributed by atoms with Crippen LogP contribution in [0.4, 0.5) is 0 Å². The van der Waals surface area contributed by atoms with Crippen LogP contribution in [0, 0.1) is 0 Å². The summed E-state index contributed by atoms with van der Waals surface area (Å²) in [6.07, 6.45) is 4.76. The minimum atomic E-state index is -0.749. The predicted molar refractivity (Wildman–Crippen MR) is 107 cm³/mol. The van der Waals surface area contributed by atoms with Gasteiger partial charge in [0, 0.05) is 6.07 Å². The van der Waals surface area contributed by atoms with E-state index in [0.717, 1.165) is 25.7 Å². The third kappa shape index (κ3) is 4.27. The molecular formula is C23H25NO5. The maximum Gasteiger partial charge on any atom is 0.261 e. The number of benzene rings is 2. The molecule has 2 aromatic carbocycles. The number of rotatable bonds is 7. The number of aliphatic hydroxyl groups is 1. The van der Waals surface area contributed by atoms with Crippen LogP contribution in [-0.2, 0) is 0 Å². The summed E-state index contributed by atoms with van der Waals surface area (Å²) in [5.41, 5.74) is 0.128. The highest BCUT2D eigenvalue weighted by molar-refractivity contribution is 6.21. The highest BCUT2D eigenvalue weighted by Gasteiger charge is 2.34. The molecule has 2 amide bonds. The summed E-state index contributed by atoms with van der Waals surface area (Å²) < 4.78 is 11.5. The van der Waals surface area contributed by atoms with Crippen LogP contribution in [0.25, 0.3) is 0 Å². The third-order valence-electron chi connectivity index (χ3n) is 5.56. The van der Waals surface area contributed by atoms with Gasteiger partial charge in [-0.05, 0) is 37.1 Å². The first-order valence-electron chi connectivity index (χ1n) is 10.1. The van der Waals surface area contributed by atoms with Gasteiger partial charge in [0.2, 0.25) is 0 Å². The van der Waals surface area contributed by atoms with Gasteiger partial charge in [-0.2, -0.15) is 0 Å². The molecule has 0 saturated heterocycles. The monoisotopic (exact) mass is 395 g/mol. The zero-order valence-electron chi connectivity index (χ0n) is 16.3. The second-order valence-corrected chi connectivity index (χ2v) is 7.70. The zero-order valence-corrected chi connectivity index (χ0v) is 16.3. The predicted octanol–water partition coefficient (Wildman–Crippen LogP) is 3.44. The van der Waals surface area contributed by atoms with Crippen molar-refractivity contribution in [1.82, 2.24) is 4.90 Å². The van der Waals surface area contributed by atoms with Crippen LogP contribution in [0.1, 0.15) is 52.8 Å². The van der Waals surface area contributed by atoms with E-state index >= 15 is 0 Å². The fraction of sp³-hybridized carbons (Fsp3) is 0.391. The minimum absolute atomic E-state index is 0.178. The van der Waals surface area contributed by atoms with Gasteiger partial charge in [-0.15, -0.1) is 0 Å². The quantitative estimate of drug-likeness (QED) is 0.727. The molecule has 0 aromatic heterocycles. The molecule has 4 rings (SSSR count). The van der Waals surface area contributed by atoms with E-state index in [0.29, 0.717) is 22.6 Å². The lowest BCUT2D eigenvalue weighted by molar-refractivity contribution is -0.0339. The van der Waals surface area contributed by atoms with Crippen LogP contribution >= 0.6 is 0 Å². The molecule has 1 aliphatic heterocycles. The zero-order chi connectivity index (χ0) is 20.3. The van der Waals surface area contributed by atoms with Gasteiger partial charge in [-0.25, -0.2) is 0 Å². The van der Waals surface area contributed by atoms with Gasteiger partial charge in [0.15, 0.2) is 0 Å². The molecule has 0 unspecified atom stereocenters. The van der Waals surface area contributed by atoms with Crippen molar-refractivity contribution in [3.05, 3.63) is 59.7 Å². The van der Waals surface area contributed by atoms with Crippen molar-refractivity contribution in [3.63, 3.8) is 0 Å². The molecule has 29 heavy (non-hydrogen) atoms. The Hall–Kier alpha value is -2.86. The fourth-order valence-corrected chi connectivity index (χ4v) is 3.92. The average Bonchev–Trinajstić information content (AvgIpc) is 2.98. The third-order valence-corrected chi connectivity index (χ3v) is 5.56. The highest BCUT2D eigenvalue weighted by Crippen LogP contribution is 2.29. The number of carbonyl (C=O) groups excluding carboxylic acids is 2. The summed E-state index contributed by atoms with van der Waals surface area (Å²) in [5, 5.41) is 10.6. The summed E-state index contributed by atoms with van der Waals surface area (Å²) >= 11 is 0. The smallest absolute Gasteiger partial charge is 0.261 e. The Morgan fingerprint density at radius 2 is 1.48 bits per heavy atom. The van der Waals surface area contributed by atoms with E-state index in [1.54, 1.807) is 36.4 Å². The van der Waals surface area contributed by atoms with Crippen LogP contribution in [-0.4, -0.2) is 47.2 Å². The summed E-state index contributed by atoms with van der Waals surface area (Å²) in [6.45, 7) is 0.640. The van der Waals surface area contributed by atoms with E-state index < -0.39 is 5.60 Å². The van der Waals surface area contributed by atoms with Crippen molar-refractivity contribution in [2.45, 2.75) is 37.7 Å². The lowest BCUT2D eigenvalue weighted by atomic mass is 9.85. The Morgan fingerprint density at radius 1 is 0.862 bits per heavy atom. The van der Waals surface area contributed by atoms with Crippen LogP contribution in [0.3, 0.4) is 0 Å². The molecule has 0 spiro atoms. The summed E-state index contributed by atoms with van der Waals surface area (Å²) in [4.78, 5) is 26.0. The standard InChI is InChI=1S/C23H25NO5/c25-21-19-9-2-3-10-20(19)22(26)24(21)13-14-28-17-7-6-8-18(15-17)29-16-23(27)11-4-1-5-12-23/h2-3,6-10,15,27H,1,4-5,11-14,16H2. The van der Waals surface area contributed by atoms with Gasteiger partial charge in [0.1, 0.15) is 24.7 Å². The summed E-state index contributed by atoms with van der Waals surface area (Å²) in [5.74, 6) is 0.649. The van der Waals surface area contributed by atoms with Crippen molar-refractivity contribution in [2.24, 2.45) is 0 Å². The van der Waals surface area contributed by atoms with Crippen molar-refractivity contribution < 1.29 is 24.2 Å². The Kier molecular flexibility index (Phi) is 5.53. The highest BCUT2D eigenvalue weighted by atomic mass is 16.5. The number of imide groups is 1. The van der Waals surface area contributed by atoms with Crippen LogP contribution in [0.2, 0.25) is 0 Å². The molecular weight excluding hydrogens is 370 g/mol. The second kappa shape index (κ2) is 8.25. The topological polar surface area (TPSA) is 76.1 Å². The molecule has 2 aromatic rings. The second-order valence-electron chi connectivity index (χ2n) is 7.70. The first-order valence-corrected chi connectivity index (χ1v) is 10.1. The number of hydrogen-bond acceptors (Lipinski definition) is 5. The molecule has 1 heterocycles. The summed E-state index contributed by atoms with van der Waals surface area (Å²) in [6, 6.07) is 14.0. The Balaban J connectivity index is 1.30. The van der Waals surface area contributed by atoms with Crippen molar-refractivity contribution >= 4 is 11.8 Å². The largest absolute Gasteiger partial charge is 0.492 e. The molecule has 1 fully saturated rings. The van der Waals surface area contributed by atoms with Gasteiger partial charge in [0.05, 0.1) is 23.3 Å². The Morgan fingerprint density at radius 3 is 2.14 bits per heavy atom. The number of nitrogens with zero attached hydrogens (tertiary/aromatic N) is 1. The Bertz CT molecular complexity index is 869. The number of carbonyl (C=O) groups is 2. The minimum Gasteiger partial charge on any atom is -0.492 e. The molecule has 6 heteroatoms. The summed E-state index contributed by atoms with van der Waals surface area (Å²) in [7, 11) is 0. The lowest BCUT2D eigenvalue weighted by Gasteiger charge is -2.31. The van der Waals surface area contributed by atoms with Gasteiger partial charge in [-0.3, -0.25) is 14.5 Å². The first-order chi connectivity index (χ1) is 14.1. The van der Waals surface area contributed by atoms with Crippen molar-refractivity contribution in [3.8, 4) is 11.5 Å². The normalized spacial score (nSPS) is 17.9. The number of fused-ring (bicyclic) bond motifs is 1. The first kappa shape index (κ1) is 19.5. The number of amides is 2. The van der Waals surface area contributed by atoms with Crippen LogP contribution in [0.5, 0.6) is 11.5 Å². The van der Waals surface area contributed by atoms with Gasteiger partial charge >= 0.3 is 0 Å². The van der Waals surface area contributed by atoms with Crippen LogP contribution < -0.4 is 9.47 Å². The molecule has 1 N–H and O–H groups in total. The SMILES string of the molecule is O=C1c2ccccc2C(=O)N1CCOc1cccc(OCC2(O)CCCCC2)c1. The molecule has 6 nitrogen and oxygen atoms in total. The molecule has 0 radical (unpaired) electrons. The Labute approximate surface area is 170 Å². The number of ether oxygens (including phenoxy) is 2. The van der Waals surface area contributed by atoms with E-state index in [2.05, 4.69) is 0 Å².